The Morgan fingerprint density at radius 1 is 1.00 bits per heavy atom. The summed E-state index contributed by atoms with van der Waals surface area (Å²) in [7, 11) is 0. The molecule has 1 atom stereocenters. The maximum atomic E-state index is 8.04. The van der Waals surface area contributed by atoms with Crippen LogP contribution in [0.2, 0.25) is 0 Å². The van der Waals surface area contributed by atoms with Crippen molar-refractivity contribution in [1.29, 1.82) is 0 Å². The fraction of sp³-hybridized carbons (Fsp3) is 0.276. The van der Waals surface area contributed by atoms with E-state index in [1.165, 1.54) is 4.90 Å². The molecule has 0 aliphatic carbocycles. The largest absolute Gasteiger partial charge is 0.457 e. The Morgan fingerprint density at radius 3 is 2.59 bits per heavy atom. The van der Waals surface area contributed by atoms with Gasteiger partial charge in [-0.05, 0) is 73.4 Å². The van der Waals surface area contributed by atoms with E-state index in [0.717, 1.165) is 33.9 Å². The van der Waals surface area contributed by atoms with E-state index in [9.17, 15) is 0 Å². The van der Waals surface area contributed by atoms with Crippen molar-refractivity contribution in [2.24, 2.45) is 0 Å². The quantitative estimate of drug-likeness (QED) is 0.448. The summed E-state index contributed by atoms with van der Waals surface area (Å²) in [6.07, 6.45) is 8.95. The number of ether oxygens (including phenoxy) is 1. The van der Waals surface area contributed by atoms with E-state index >= 15 is 0 Å². The molecular weight excluding hydrogens is 420 g/mol. The summed E-state index contributed by atoms with van der Waals surface area (Å²) >= 11 is 0. The van der Waals surface area contributed by atoms with Gasteiger partial charge in [0.2, 0.25) is 0 Å². The summed E-state index contributed by atoms with van der Waals surface area (Å²) in [5, 5.41) is 4.59. The highest BCUT2D eigenvalue weighted by Crippen LogP contribution is 2.37. The second-order valence-corrected chi connectivity index (χ2v) is 9.90. The molecule has 0 fully saturated rings. The number of nitrogens with zero attached hydrogens (tertiary/aromatic N) is 4. The van der Waals surface area contributed by atoms with Crippen LogP contribution < -0.4 is 4.74 Å². The van der Waals surface area contributed by atoms with Gasteiger partial charge < -0.3 is 14.5 Å². The molecule has 2 aromatic carbocycles. The molecule has 3 aromatic rings. The smallest absolute Gasteiger partial charge is 0.129 e. The molecule has 5 rings (SSSR count). The second-order valence-electron chi connectivity index (χ2n) is 9.90. The average molecular weight is 456 g/mol. The van der Waals surface area contributed by atoms with E-state index in [2.05, 4.69) is 38.0 Å². The Kier molecular flexibility index (Phi) is 4.53. The predicted octanol–water partition coefficient (Wildman–Crippen LogP) is 6.53. The highest BCUT2D eigenvalue weighted by molar-refractivity contribution is 5.70. The predicted molar refractivity (Wildman–Crippen MR) is 138 cm³/mol. The summed E-state index contributed by atoms with van der Waals surface area (Å²) in [5.41, 5.74) is 5.60. The highest BCUT2D eigenvalue weighted by Gasteiger charge is 2.29. The first-order chi connectivity index (χ1) is 17.4. The molecule has 0 amide bonds. The molecule has 1 aromatic heterocycles. The van der Waals surface area contributed by atoms with E-state index in [4.69, 9.17) is 8.85 Å². The summed E-state index contributed by atoms with van der Waals surface area (Å²) in [6.45, 7) is 8.22. The average Bonchev–Trinajstić information content (AvgIpc) is 3.38. The van der Waals surface area contributed by atoms with Gasteiger partial charge in [-0.1, -0.05) is 32.9 Å². The lowest BCUT2D eigenvalue weighted by Gasteiger charge is -2.29. The van der Waals surface area contributed by atoms with Crippen molar-refractivity contribution < 1.29 is 8.85 Å². The molecule has 2 aliphatic rings. The minimum absolute atomic E-state index is 0.139. The first-order valence-electron chi connectivity index (χ1n) is 13.0. The number of likely N-dealkylation sites (N-methyl/N-ethyl adjacent to an activating group) is 1. The number of allylic oxidation sites excluding steroid dienone is 2. The summed E-state index contributed by atoms with van der Waals surface area (Å²) in [5.74, 6) is 1.39. The molecule has 0 radical (unpaired) electrons. The molecule has 34 heavy (non-hydrogen) atoms. The van der Waals surface area contributed by atoms with Crippen molar-refractivity contribution in [3.63, 3.8) is 0 Å². The zero-order valence-electron chi connectivity index (χ0n) is 23.3. The van der Waals surface area contributed by atoms with E-state index in [0.29, 0.717) is 11.5 Å². The van der Waals surface area contributed by atoms with Crippen LogP contribution in [0.5, 0.6) is 11.5 Å². The van der Waals surface area contributed by atoms with Crippen LogP contribution in [0.25, 0.3) is 11.4 Å². The Balaban J connectivity index is 1.55. The van der Waals surface area contributed by atoms with E-state index in [1.54, 1.807) is 6.20 Å². The number of benzene rings is 2. The highest BCUT2D eigenvalue weighted by atomic mass is 16.5. The third kappa shape index (κ3) is 4.14. The van der Waals surface area contributed by atoms with E-state index in [1.807, 2.05) is 84.3 Å². The first-order valence-corrected chi connectivity index (χ1v) is 11.5. The maximum Gasteiger partial charge on any atom is 0.129 e. The lowest BCUT2D eigenvalue weighted by molar-refractivity contribution is 0.282. The molecule has 0 saturated heterocycles. The van der Waals surface area contributed by atoms with Crippen LogP contribution in [0.15, 0.2) is 79.2 Å². The van der Waals surface area contributed by atoms with Crippen LogP contribution in [0.3, 0.4) is 0 Å². The topological polar surface area (TPSA) is 33.5 Å². The maximum absolute atomic E-state index is 8.04. The Labute approximate surface area is 206 Å². The first kappa shape index (κ1) is 18.7. The van der Waals surface area contributed by atoms with Gasteiger partial charge in [0.05, 0.1) is 17.1 Å². The van der Waals surface area contributed by atoms with Gasteiger partial charge in [-0.15, -0.1) is 0 Å². The lowest BCUT2D eigenvalue weighted by Crippen LogP contribution is -2.33. The van der Waals surface area contributed by atoms with Gasteiger partial charge in [0.15, 0.2) is 0 Å². The number of hydrogen-bond acceptors (Lipinski definition) is 4. The number of aryl methyl sites for hydroxylation is 2. The van der Waals surface area contributed by atoms with Crippen molar-refractivity contribution in [2.45, 2.75) is 46.2 Å². The Morgan fingerprint density at radius 2 is 1.85 bits per heavy atom. The Bertz CT molecular complexity index is 1430. The molecule has 0 N–H and O–H groups in total. The summed E-state index contributed by atoms with van der Waals surface area (Å²) < 4.78 is 32.4. The molecule has 174 valence electrons. The number of hydrogen-bond donors (Lipinski definition) is 0. The zero-order chi connectivity index (χ0) is 26.5. The van der Waals surface area contributed by atoms with Gasteiger partial charge in [-0.2, -0.15) is 5.10 Å². The third-order valence-electron chi connectivity index (χ3n) is 6.13. The standard InChI is InChI=1S/C29H32N4O/c1-20-14-21(2)33(30-20)24-10-9-11-25(18-24)34-26-16-22(15-23(17-26)29(3,4)5)27-19-31(6)28-12-7-8-13-32(27)28/h7-19,28H,1-6H3/i6D3. The zero-order valence-corrected chi connectivity index (χ0v) is 20.3. The summed E-state index contributed by atoms with van der Waals surface area (Å²) in [6, 6.07) is 16.1. The summed E-state index contributed by atoms with van der Waals surface area (Å²) in [4.78, 5) is 3.41. The van der Waals surface area contributed by atoms with Crippen molar-refractivity contribution >= 4 is 5.70 Å². The molecule has 2 aliphatic heterocycles. The monoisotopic (exact) mass is 455 g/mol. The molecule has 0 bridgehead atoms. The van der Waals surface area contributed by atoms with Gasteiger partial charge in [0.1, 0.15) is 17.7 Å². The van der Waals surface area contributed by atoms with E-state index in [-0.39, 0.29) is 5.41 Å². The fourth-order valence-electron chi connectivity index (χ4n) is 4.38. The number of rotatable bonds is 4. The van der Waals surface area contributed by atoms with Crippen LogP contribution in [0.4, 0.5) is 0 Å². The molecule has 1 unspecified atom stereocenters. The van der Waals surface area contributed by atoms with Crippen LogP contribution in [-0.2, 0) is 5.41 Å². The molecule has 3 heterocycles. The lowest BCUT2D eigenvalue weighted by atomic mass is 9.85. The van der Waals surface area contributed by atoms with Gasteiger partial charge >= 0.3 is 0 Å². The van der Waals surface area contributed by atoms with Gasteiger partial charge in [-0.25, -0.2) is 4.68 Å². The normalized spacial score (nSPS) is 18.9. The van der Waals surface area contributed by atoms with Crippen molar-refractivity contribution in [3.8, 4) is 17.2 Å². The van der Waals surface area contributed by atoms with Crippen molar-refractivity contribution in [3.05, 3.63) is 102 Å². The van der Waals surface area contributed by atoms with Crippen LogP contribution in [-0.4, -0.2) is 32.7 Å². The Hall–Kier alpha value is -3.73. The number of fused-ring (bicyclic) bond motifs is 1. The van der Waals surface area contributed by atoms with Crippen LogP contribution in [0.1, 0.15) is 47.4 Å². The van der Waals surface area contributed by atoms with Gasteiger partial charge in [-0.3, -0.25) is 0 Å². The number of aromatic nitrogens is 2. The molecule has 0 saturated carbocycles. The fourth-order valence-corrected chi connectivity index (χ4v) is 4.38. The minimum Gasteiger partial charge on any atom is -0.457 e. The third-order valence-corrected chi connectivity index (χ3v) is 6.13. The van der Waals surface area contributed by atoms with Crippen molar-refractivity contribution in [1.82, 2.24) is 19.6 Å². The minimum atomic E-state index is -2.26. The van der Waals surface area contributed by atoms with Crippen LogP contribution in [0, 0.1) is 13.8 Å². The molecule has 5 heteroatoms. The van der Waals surface area contributed by atoms with Gasteiger partial charge in [0, 0.05) is 40.8 Å². The van der Waals surface area contributed by atoms with Crippen LogP contribution >= 0.6 is 0 Å². The SMILES string of the molecule is [2H]C([2H])([2H])N1C=C(c2cc(Oc3cccc(-n4nc(C)cc4C)c3)cc(C(C)(C)C)c2)N2C=CC=CC21. The van der Waals surface area contributed by atoms with E-state index < -0.39 is 13.1 Å². The molecule has 5 nitrogen and oxygen atoms in total. The van der Waals surface area contributed by atoms with Gasteiger partial charge in [0.25, 0.3) is 0 Å². The second kappa shape index (κ2) is 8.24. The van der Waals surface area contributed by atoms with Crippen molar-refractivity contribution in [2.75, 3.05) is 6.98 Å². The molecular formula is C29H32N4O. The molecule has 0 spiro atoms.